The van der Waals surface area contributed by atoms with Gasteiger partial charge in [0.05, 0.1) is 28.7 Å². The number of hydrogen-bond donors (Lipinski definition) is 3. The van der Waals surface area contributed by atoms with E-state index in [1.807, 2.05) is 42.5 Å². The van der Waals surface area contributed by atoms with Crippen LogP contribution in [0.15, 0.2) is 83.6 Å². The number of fused-ring (bicyclic) bond motifs is 1. The van der Waals surface area contributed by atoms with Crippen LogP contribution >= 0.6 is 28.1 Å². The Morgan fingerprint density at radius 3 is 2.60 bits per heavy atom. The summed E-state index contributed by atoms with van der Waals surface area (Å²) in [6.45, 7) is 0.694. The minimum atomic E-state index is 0.627. The summed E-state index contributed by atoms with van der Waals surface area (Å²) in [6.07, 6.45) is 1.70. The topological polar surface area (TPSA) is 61.4 Å². The monoisotopic (exact) mass is 475 g/mol. The Morgan fingerprint density at radius 1 is 1.00 bits per heavy atom. The fraction of sp³-hybridized carbons (Fsp3) is 0.0435. The van der Waals surface area contributed by atoms with Crippen LogP contribution in [-0.2, 0) is 6.54 Å². The number of rotatable bonds is 5. The first kappa shape index (κ1) is 18.8. The number of anilines is 1. The van der Waals surface area contributed by atoms with E-state index < -0.39 is 0 Å². The van der Waals surface area contributed by atoms with Crippen LogP contribution in [0.2, 0.25) is 0 Å². The first-order valence-corrected chi connectivity index (χ1v) is 10.7. The molecule has 0 spiro atoms. The van der Waals surface area contributed by atoms with Gasteiger partial charge in [0.1, 0.15) is 5.82 Å². The van der Waals surface area contributed by atoms with E-state index in [9.17, 15) is 0 Å². The molecule has 3 N–H and O–H groups in total. The van der Waals surface area contributed by atoms with Gasteiger partial charge in [0.15, 0.2) is 4.77 Å². The molecule has 0 aliphatic rings. The van der Waals surface area contributed by atoms with Gasteiger partial charge in [-0.05, 0) is 48.1 Å². The molecule has 5 nitrogen and oxygen atoms in total. The summed E-state index contributed by atoms with van der Waals surface area (Å²) >= 11 is 9.26. The highest BCUT2D eigenvalue weighted by Gasteiger charge is 2.16. The summed E-state index contributed by atoms with van der Waals surface area (Å²) < 4.78 is 3.72. The zero-order valence-corrected chi connectivity index (χ0v) is 18.3. The average molecular weight is 476 g/mol. The van der Waals surface area contributed by atoms with Gasteiger partial charge in [0.2, 0.25) is 0 Å². The quantitative estimate of drug-likeness (QED) is 0.256. The van der Waals surface area contributed by atoms with Crippen molar-refractivity contribution in [2.24, 2.45) is 0 Å². The number of H-pyrrole nitrogens is 2. The second-order valence-electron chi connectivity index (χ2n) is 6.94. The van der Waals surface area contributed by atoms with Gasteiger partial charge in [-0.25, -0.2) is 4.98 Å². The summed E-state index contributed by atoms with van der Waals surface area (Å²) in [6, 6.07) is 24.6. The molecule has 30 heavy (non-hydrogen) atoms. The lowest BCUT2D eigenvalue weighted by molar-refractivity contribution is 1.04. The van der Waals surface area contributed by atoms with Crippen LogP contribution in [0.4, 0.5) is 5.82 Å². The molecule has 0 saturated heterocycles. The van der Waals surface area contributed by atoms with E-state index in [1.54, 1.807) is 6.33 Å². The molecule has 148 valence electrons. The van der Waals surface area contributed by atoms with Gasteiger partial charge in [-0.1, -0.05) is 58.4 Å². The van der Waals surface area contributed by atoms with Gasteiger partial charge in [0.25, 0.3) is 0 Å². The van der Waals surface area contributed by atoms with E-state index in [0.29, 0.717) is 11.3 Å². The fourth-order valence-corrected chi connectivity index (χ4v) is 4.10. The van der Waals surface area contributed by atoms with Gasteiger partial charge in [-0.2, -0.15) is 0 Å². The Hall–Kier alpha value is -3.16. The van der Waals surface area contributed by atoms with Crippen LogP contribution in [0.25, 0.3) is 28.0 Å². The maximum atomic E-state index is 5.73. The molecule has 0 unspecified atom stereocenters. The highest BCUT2D eigenvalue weighted by Crippen LogP contribution is 2.32. The first-order chi connectivity index (χ1) is 14.7. The third-order valence-electron chi connectivity index (χ3n) is 4.99. The number of aromatic amines is 2. The molecule has 0 bridgehead atoms. The van der Waals surface area contributed by atoms with Gasteiger partial charge >= 0.3 is 0 Å². The lowest BCUT2D eigenvalue weighted by Crippen LogP contribution is -2.03. The molecule has 5 rings (SSSR count). The van der Waals surface area contributed by atoms with E-state index in [2.05, 4.69) is 71.1 Å². The molecular weight excluding hydrogens is 458 g/mol. The average Bonchev–Trinajstić information content (AvgIpc) is 3.37. The summed E-state index contributed by atoms with van der Waals surface area (Å²) in [5.74, 6) is 0.885. The maximum absolute atomic E-state index is 5.73. The maximum Gasteiger partial charge on any atom is 0.183 e. The zero-order valence-electron chi connectivity index (χ0n) is 15.9. The van der Waals surface area contributed by atoms with Crippen LogP contribution in [0, 0.1) is 4.77 Å². The van der Waals surface area contributed by atoms with Crippen molar-refractivity contribution in [2.45, 2.75) is 6.54 Å². The van der Waals surface area contributed by atoms with Crippen molar-refractivity contribution in [3.05, 3.63) is 93.9 Å². The third kappa shape index (κ3) is 3.58. The van der Waals surface area contributed by atoms with Crippen molar-refractivity contribution in [3.8, 4) is 16.9 Å². The SMILES string of the molecule is S=c1[nH]c(NCc2ccccc2)c(-c2ccc(Br)cc2)n1-c1ccc2nc[nH]c2c1. The number of aromatic nitrogens is 4. The number of hydrogen-bond acceptors (Lipinski definition) is 3. The van der Waals surface area contributed by atoms with Crippen molar-refractivity contribution < 1.29 is 0 Å². The second kappa shape index (κ2) is 7.93. The van der Waals surface area contributed by atoms with Gasteiger partial charge in [-0.3, -0.25) is 4.57 Å². The Bertz CT molecular complexity index is 1370. The van der Waals surface area contributed by atoms with Gasteiger partial charge in [-0.15, -0.1) is 0 Å². The molecule has 0 amide bonds. The zero-order chi connectivity index (χ0) is 20.5. The second-order valence-corrected chi connectivity index (χ2v) is 8.24. The predicted molar refractivity (Wildman–Crippen MR) is 128 cm³/mol. The smallest absolute Gasteiger partial charge is 0.183 e. The third-order valence-corrected chi connectivity index (χ3v) is 5.80. The Morgan fingerprint density at radius 2 is 1.80 bits per heavy atom. The van der Waals surface area contributed by atoms with E-state index in [4.69, 9.17) is 12.2 Å². The first-order valence-electron chi connectivity index (χ1n) is 9.51. The Balaban J connectivity index is 1.64. The number of nitrogens with zero attached hydrogens (tertiary/aromatic N) is 2. The molecule has 0 radical (unpaired) electrons. The molecule has 0 atom stereocenters. The van der Waals surface area contributed by atoms with Gasteiger partial charge < -0.3 is 15.3 Å². The van der Waals surface area contributed by atoms with E-state index in [1.165, 1.54) is 5.56 Å². The molecule has 0 fully saturated rings. The summed E-state index contributed by atoms with van der Waals surface area (Å²) in [7, 11) is 0. The van der Waals surface area contributed by atoms with E-state index in [-0.39, 0.29) is 0 Å². The standard InChI is InChI=1S/C23H18BrN5S/c24-17-8-6-16(7-9-17)21-22(25-13-15-4-2-1-3-5-15)28-23(30)29(21)18-10-11-19-20(12-18)27-14-26-19/h1-12,14,25H,13H2,(H,26,27)(H,28,30). The lowest BCUT2D eigenvalue weighted by atomic mass is 10.1. The molecule has 0 saturated carbocycles. The Kier molecular flexibility index (Phi) is 4.98. The largest absolute Gasteiger partial charge is 0.366 e. The molecule has 7 heteroatoms. The van der Waals surface area contributed by atoms with Crippen molar-refractivity contribution in [1.29, 1.82) is 0 Å². The van der Waals surface area contributed by atoms with Crippen molar-refractivity contribution in [2.75, 3.05) is 5.32 Å². The van der Waals surface area contributed by atoms with Crippen molar-refractivity contribution in [1.82, 2.24) is 19.5 Å². The van der Waals surface area contributed by atoms with Crippen molar-refractivity contribution >= 4 is 45.0 Å². The van der Waals surface area contributed by atoms with Crippen LogP contribution in [-0.4, -0.2) is 19.5 Å². The highest BCUT2D eigenvalue weighted by atomic mass is 79.9. The van der Waals surface area contributed by atoms with Crippen LogP contribution in [0.3, 0.4) is 0 Å². The number of halogens is 1. The van der Waals surface area contributed by atoms with Gasteiger partial charge in [0, 0.05) is 16.6 Å². The summed E-state index contributed by atoms with van der Waals surface area (Å²) in [5, 5.41) is 3.53. The lowest BCUT2D eigenvalue weighted by Gasteiger charge is -2.12. The molecule has 0 aliphatic heterocycles. The van der Waals surface area contributed by atoms with Crippen LogP contribution in [0.5, 0.6) is 0 Å². The fourth-order valence-electron chi connectivity index (χ4n) is 3.54. The Labute approximate surface area is 186 Å². The van der Waals surface area contributed by atoms with Crippen LogP contribution < -0.4 is 5.32 Å². The minimum Gasteiger partial charge on any atom is -0.366 e. The van der Waals surface area contributed by atoms with Crippen LogP contribution in [0.1, 0.15) is 5.56 Å². The van der Waals surface area contributed by atoms with Crippen molar-refractivity contribution in [3.63, 3.8) is 0 Å². The highest BCUT2D eigenvalue weighted by molar-refractivity contribution is 9.10. The predicted octanol–water partition coefficient (Wildman–Crippen LogP) is 6.45. The molecular formula is C23H18BrN5S. The number of benzene rings is 3. The molecule has 5 aromatic rings. The molecule has 3 aromatic carbocycles. The van der Waals surface area contributed by atoms with E-state index >= 15 is 0 Å². The normalized spacial score (nSPS) is 11.1. The minimum absolute atomic E-state index is 0.627. The molecule has 2 heterocycles. The number of nitrogens with one attached hydrogen (secondary N) is 3. The summed E-state index contributed by atoms with van der Waals surface area (Å²) in [4.78, 5) is 10.9. The summed E-state index contributed by atoms with van der Waals surface area (Å²) in [5.41, 5.74) is 6.11. The molecule has 2 aromatic heterocycles. The number of imidazole rings is 2. The molecule has 0 aliphatic carbocycles. The van der Waals surface area contributed by atoms with E-state index in [0.717, 1.165) is 38.3 Å².